The first-order valence-corrected chi connectivity index (χ1v) is 7.34. The molecule has 0 radical (unpaired) electrons. The van der Waals surface area contributed by atoms with Crippen molar-refractivity contribution in [3.63, 3.8) is 0 Å². The van der Waals surface area contributed by atoms with E-state index in [4.69, 9.17) is 10.5 Å². The number of hydrogen-bond donors (Lipinski definition) is 3. The quantitative estimate of drug-likeness (QED) is 0.312. The Bertz CT molecular complexity index is 691. The van der Waals surface area contributed by atoms with Crippen molar-refractivity contribution < 1.29 is 14.6 Å². The minimum absolute atomic E-state index is 0.0145. The zero-order chi connectivity index (χ0) is 16.1. The molecule has 0 spiro atoms. The Morgan fingerprint density at radius 1 is 1.36 bits per heavy atom. The first-order chi connectivity index (χ1) is 10.5. The minimum Gasteiger partial charge on any atom is -0.504 e. The van der Waals surface area contributed by atoms with Crippen molar-refractivity contribution in [2.75, 3.05) is 12.8 Å². The van der Waals surface area contributed by atoms with Crippen LogP contribution in [-0.4, -0.2) is 24.3 Å². The van der Waals surface area contributed by atoms with Gasteiger partial charge in [-0.15, -0.1) is 0 Å². The van der Waals surface area contributed by atoms with E-state index in [1.807, 2.05) is 22.6 Å². The van der Waals surface area contributed by atoms with Crippen LogP contribution in [0.2, 0.25) is 0 Å². The third-order valence-corrected chi connectivity index (χ3v) is 3.60. The zero-order valence-electron chi connectivity index (χ0n) is 11.7. The molecule has 2 aromatic rings. The molecular weight excluding hydrogens is 397 g/mol. The van der Waals surface area contributed by atoms with E-state index in [1.165, 1.54) is 19.4 Å². The van der Waals surface area contributed by atoms with Gasteiger partial charge in [0, 0.05) is 11.3 Å². The SMILES string of the molecule is COc1c(O)cc(C=NNC(=O)c2ccc(N)cc2)cc1I. The van der Waals surface area contributed by atoms with Gasteiger partial charge in [-0.25, -0.2) is 5.43 Å². The number of methoxy groups -OCH3 is 1. The number of nitrogens with one attached hydrogen (secondary N) is 1. The van der Waals surface area contributed by atoms with E-state index in [9.17, 15) is 9.90 Å². The van der Waals surface area contributed by atoms with Crippen molar-refractivity contribution in [3.8, 4) is 11.5 Å². The molecule has 2 aromatic carbocycles. The summed E-state index contributed by atoms with van der Waals surface area (Å²) in [5.41, 5.74) is 9.65. The summed E-state index contributed by atoms with van der Waals surface area (Å²) in [6.45, 7) is 0. The molecule has 0 bridgehead atoms. The number of ether oxygens (including phenoxy) is 1. The summed E-state index contributed by atoms with van der Waals surface area (Å²) in [5, 5.41) is 13.7. The summed E-state index contributed by atoms with van der Waals surface area (Å²) in [7, 11) is 1.48. The van der Waals surface area contributed by atoms with Crippen LogP contribution in [-0.2, 0) is 0 Å². The third kappa shape index (κ3) is 3.88. The number of hydrazone groups is 1. The lowest BCUT2D eigenvalue weighted by Crippen LogP contribution is -2.17. The van der Waals surface area contributed by atoms with Gasteiger partial charge in [-0.05, 0) is 64.6 Å². The summed E-state index contributed by atoms with van der Waals surface area (Å²) in [6, 6.07) is 9.79. The van der Waals surface area contributed by atoms with Gasteiger partial charge in [-0.1, -0.05) is 0 Å². The lowest BCUT2D eigenvalue weighted by molar-refractivity contribution is 0.0955. The monoisotopic (exact) mass is 411 g/mol. The number of nitrogens with two attached hydrogens (primary N) is 1. The Morgan fingerprint density at radius 2 is 2.05 bits per heavy atom. The Hall–Kier alpha value is -2.29. The zero-order valence-corrected chi connectivity index (χ0v) is 13.9. The molecule has 0 saturated heterocycles. The molecule has 7 heteroatoms. The standard InChI is InChI=1S/C15H14IN3O3/c1-22-14-12(16)6-9(7-13(14)20)8-18-19-15(21)10-2-4-11(17)5-3-10/h2-8,20H,17H2,1H3,(H,19,21). The third-order valence-electron chi connectivity index (χ3n) is 2.80. The predicted octanol–water partition coefficient (Wildman–Crippen LogP) is 2.35. The number of benzene rings is 2. The van der Waals surface area contributed by atoms with Gasteiger partial charge in [0.2, 0.25) is 0 Å². The first kappa shape index (κ1) is 16.1. The molecule has 1 amide bonds. The summed E-state index contributed by atoms with van der Waals surface area (Å²) in [6.07, 6.45) is 1.44. The van der Waals surface area contributed by atoms with E-state index in [-0.39, 0.29) is 11.7 Å². The Morgan fingerprint density at radius 3 is 2.64 bits per heavy atom. The summed E-state index contributed by atoms with van der Waals surface area (Å²) in [5.74, 6) is 0.0769. The molecule has 0 aliphatic heterocycles. The number of rotatable bonds is 4. The van der Waals surface area contributed by atoms with Crippen molar-refractivity contribution >= 4 is 40.4 Å². The van der Waals surface area contributed by atoms with Crippen molar-refractivity contribution in [1.82, 2.24) is 5.43 Å². The van der Waals surface area contributed by atoms with E-state index < -0.39 is 0 Å². The Labute approximate surface area is 141 Å². The van der Waals surface area contributed by atoms with Crippen molar-refractivity contribution in [2.24, 2.45) is 5.10 Å². The number of nitrogen functional groups attached to an aromatic ring is 1. The molecule has 114 valence electrons. The smallest absolute Gasteiger partial charge is 0.271 e. The highest BCUT2D eigenvalue weighted by molar-refractivity contribution is 14.1. The number of carbonyl (C=O) groups is 1. The molecule has 22 heavy (non-hydrogen) atoms. The van der Waals surface area contributed by atoms with Crippen LogP contribution in [0.4, 0.5) is 5.69 Å². The van der Waals surface area contributed by atoms with Crippen LogP contribution < -0.4 is 15.9 Å². The number of hydrogen-bond acceptors (Lipinski definition) is 5. The van der Waals surface area contributed by atoms with Crippen LogP contribution >= 0.6 is 22.6 Å². The van der Waals surface area contributed by atoms with Gasteiger partial charge in [-0.3, -0.25) is 4.79 Å². The maximum absolute atomic E-state index is 11.8. The maximum Gasteiger partial charge on any atom is 0.271 e. The molecule has 0 saturated carbocycles. The van der Waals surface area contributed by atoms with Crippen LogP contribution in [0.25, 0.3) is 0 Å². The number of anilines is 1. The summed E-state index contributed by atoms with van der Waals surface area (Å²) >= 11 is 2.04. The lowest BCUT2D eigenvalue weighted by atomic mass is 10.2. The van der Waals surface area contributed by atoms with E-state index in [0.29, 0.717) is 22.6 Å². The van der Waals surface area contributed by atoms with E-state index in [1.54, 1.807) is 30.3 Å². The molecule has 0 fully saturated rings. The molecule has 0 unspecified atom stereocenters. The van der Waals surface area contributed by atoms with Crippen molar-refractivity contribution in [2.45, 2.75) is 0 Å². The topological polar surface area (TPSA) is 96.9 Å². The predicted molar refractivity (Wildman–Crippen MR) is 93.3 cm³/mol. The van der Waals surface area contributed by atoms with Gasteiger partial charge < -0.3 is 15.6 Å². The molecule has 0 atom stereocenters. The number of carbonyl (C=O) groups excluding carboxylic acids is 1. The van der Waals surface area contributed by atoms with E-state index in [2.05, 4.69) is 10.5 Å². The number of amides is 1. The van der Waals surface area contributed by atoms with Gasteiger partial charge in [0.1, 0.15) is 0 Å². The van der Waals surface area contributed by atoms with Crippen LogP contribution in [0.5, 0.6) is 11.5 Å². The Kier molecular flexibility index (Phi) is 5.21. The van der Waals surface area contributed by atoms with Gasteiger partial charge in [-0.2, -0.15) is 5.10 Å². The van der Waals surface area contributed by atoms with Gasteiger partial charge in [0.05, 0.1) is 16.9 Å². The van der Waals surface area contributed by atoms with Crippen LogP contribution in [0.15, 0.2) is 41.5 Å². The van der Waals surface area contributed by atoms with Crippen LogP contribution in [0, 0.1) is 3.57 Å². The van der Waals surface area contributed by atoms with E-state index >= 15 is 0 Å². The summed E-state index contributed by atoms with van der Waals surface area (Å²) in [4.78, 5) is 11.8. The van der Waals surface area contributed by atoms with Crippen LogP contribution in [0.3, 0.4) is 0 Å². The molecule has 4 N–H and O–H groups in total. The van der Waals surface area contributed by atoms with Crippen molar-refractivity contribution in [3.05, 3.63) is 51.1 Å². The Balaban J connectivity index is 2.06. The van der Waals surface area contributed by atoms with Crippen LogP contribution in [0.1, 0.15) is 15.9 Å². The number of halogens is 1. The molecular formula is C15H14IN3O3. The largest absolute Gasteiger partial charge is 0.504 e. The molecule has 0 aromatic heterocycles. The van der Waals surface area contributed by atoms with Gasteiger partial charge in [0.25, 0.3) is 5.91 Å². The summed E-state index contributed by atoms with van der Waals surface area (Å²) < 4.78 is 5.80. The average Bonchev–Trinajstić information content (AvgIpc) is 2.47. The number of nitrogens with zero attached hydrogens (tertiary/aromatic N) is 1. The molecule has 0 aliphatic rings. The fourth-order valence-corrected chi connectivity index (χ4v) is 2.60. The fourth-order valence-electron chi connectivity index (χ4n) is 1.74. The molecule has 2 rings (SSSR count). The molecule has 0 heterocycles. The highest BCUT2D eigenvalue weighted by Crippen LogP contribution is 2.31. The first-order valence-electron chi connectivity index (χ1n) is 6.26. The highest BCUT2D eigenvalue weighted by Gasteiger charge is 2.08. The van der Waals surface area contributed by atoms with Crippen molar-refractivity contribution in [1.29, 1.82) is 0 Å². The number of phenols is 1. The lowest BCUT2D eigenvalue weighted by Gasteiger charge is -2.06. The highest BCUT2D eigenvalue weighted by atomic mass is 127. The molecule has 0 aliphatic carbocycles. The number of aromatic hydroxyl groups is 1. The second-order valence-electron chi connectivity index (χ2n) is 4.38. The average molecular weight is 411 g/mol. The number of phenolic OH excluding ortho intramolecular Hbond substituents is 1. The second kappa shape index (κ2) is 7.12. The van der Waals surface area contributed by atoms with E-state index in [0.717, 1.165) is 3.57 Å². The second-order valence-corrected chi connectivity index (χ2v) is 5.54. The van der Waals surface area contributed by atoms with Gasteiger partial charge in [0.15, 0.2) is 11.5 Å². The van der Waals surface area contributed by atoms with Gasteiger partial charge >= 0.3 is 0 Å². The fraction of sp³-hybridized carbons (Fsp3) is 0.0667. The normalized spacial score (nSPS) is 10.6. The molecule has 6 nitrogen and oxygen atoms in total. The maximum atomic E-state index is 11.8. The minimum atomic E-state index is -0.344.